The molecule has 5 heteroatoms. The highest BCUT2D eigenvalue weighted by molar-refractivity contribution is 5.94. The molecule has 0 bridgehead atoms. The van der Waals surface area contributed by atoms with Crippen LogP contribution in [0.4, 0.5) is 4.39 Å². The second kappa shape index (κ2) is 6.36. The Kier molecular flexibility index (Phi) is 4.28. The number of halogens is 1. The van der Waals surface area contributed by atoms with Gasteiger partial charge in [0.1, 0.15) is 5.82 Å². The van der Waals surface area contributed by atoms with Crippen molar-refractivity contribution in [3.63, 3.8) is 0 Å². The summed E-state index contributed by atoms with van der Waals surface area (Å²) in [5.74, 6) is -0.243. The summed E-state index contributed by atoms with van der Waals surface area (Å²) in [6, 6.07) is 6.29. The molecule has 2 heterocycles. The number of rotatable bonds is 3. The van der Waals surface area contributed by atoms with E-state index >= 15 is 0 Å². The minimum atomic E-state index is -0.314. The summed E-state index contributed by atoms with van der Waals surface area (Å²) >= 11 is 0. The first-order valence-electron chi connectivity index (χ1n) is 7.87. The number of piperidine rings is 1. The van der Waals surface area contributed by atoms with Crippen molar-refractivity contribution in [2.24, 2.45) is 0 Å². The van der Waals surface area contributed by atoms with Crippen molar-refractivity contribution in [2.75, 3.05) is 6.54 Å². The fourth-order valence-electron chi connectivity index (χ4n) is 3.12. The van der Waals surface area contributed by atoms with Crippen molar-refractivity contribution in [2.45, 2.75) is 32.7 Å². The van der Waals surface area contributed by atoms with E-state index in [9.17, 15) is 9.18 Å². The van der Waals surface area contributed by atoms with Crippen LogP contribution in [0.1, 0.15) is 38.3 Å². The third-order valence-electron chi connectivity index (χ3n) is 4.39. The van der Waals surface area contributed by atoms with E-state index in [4.69, 9.17) is 0 Å². The molecule has 0 unspecified atom stereocenters. The maximum Gasteiger partial charge on any atom is 0.249 e. The maximum atomic E-state index is 13.7. The van der Waals surface area contributed by atoms with Gasteiger partial charge in [0, 0.05) is 30.1 Å². The van der Waals surface area contributed by atoms with E-state index < -0.39 is 0 Å². The Morgan fingerprint density at radius 2 is 2.22 bits per heavy atom. The Labute approximate surface area is 135 Å². The van der Waals surface area contributed by atoms with Gasteiger partial charge in [-0.1, -0.05) is 12.1 Å². The van der Waals surface area contributed by atoms with Crippen LogP contribution in [0.5, 0.6) is 0 Å². The Hall–Kier alpha value is -2.43. The van der Waals surface area contributed by atoms with Gasteiger partial charge in [-0.15, -0.1) is 0 Å². The monoisotopic (exact) mass is 313 g/mol. The van der Waals surface area contributed by atoms with Gasteiger partial charge in [-0.25, -0.2) is 9.07 Å². The molecule has 2 aromatic rings. The summed E-state index contributed by atoms with van der Waals surface area (Å²) in [5, 5.41) is 4.20. The van der Waals surface area contributed by atoms with Crippen molar-refractivity contribution in [3.05, 3.63) is 59.7 Å². The smallest absolute Gasteiger partial charge is 0.249 e. The van der Waals surface area contributed by atoms with Crippen LogP contribution in [0.2, 0.25) is 0 Å². The van der Waals surface area contributed by atoms with Crippen LogP contribution in [0.3, 0.4) is 0 Å². The van der Waals surface area contributed by atoms with Gasteiger partial charge in [0.2, 0.25) is 5.91 Å². The zero-order valence-corrected chi connectivity index (χ0v) is 13.4. The fourth-order valence-corrected chi connectivity index (χ4v) is 3.12. The molecular weight excluding hydrogens is 293 g/mol. The molecule has 1 aromatic carbocycles. The van der Waals surface area contributed by atoms with Gasteiger partial charge in [0.25, 0.3) is 0 Å². The topological polar surface area (TPSA) is 38.1 Å². The quantitative estimate of drug-likeness (QED) is 0.811. The van der Waals surface area contributed by atoms with Gasteiger partial charge in [0.05, 0.1) is 11.7 Å². The molecule has 0 aliphatic carbocycles. The van der Waals surface area contributed by atoms with Crippen molar-refractivity contribution in [3.8, 4) is 5.69 Å². The molecule has 0 radical (unpaired) electrons. The lowest BCUT2D eigenvalue weighted by molar-refractivity contribution is -0.130. The second-order valence-electron chi connectivity index (χ2n) is 5.75. The molecule has 1 fully saturated rings. The number of amides is 1. The summed E-state index contributed by atoms with van der Waals surface area (Å²) in [4.78, 5) is 14.5. The average Bonchev–Trinajstić information content (AvgIpc) is 3.09. The predicted molar refractivity (Wildman–Crippen MR) is 86.6 cm³/mol. The first-order chi connectivity index (χ1) is 11.1. The third kappa shape index (κ3) is 2.91. The van der Waals surface area contributed by atoms with Crippen molar-refractivity contribution in [1.29, 1.82) is 0 Å². The molecule has 1 aliphatic rings. The zero-order valence-electron chi connectivity index (χ0n) is 13.4. The molecule has 4 nitrogen and oxygen atoms in total. The molecule has 120 valence electrons. The van der Waals surface area contributed by atoms with E-state index in [1.54, 1.807) is 29.2 Å². The molecule has 0 N–H and O–H groups in total. The number of allylic oxidation sites excluding steroid dienone is 1. The number of carbonyl (C=O) groups excluding carboxylic acids is 1. The van der Waals surface area contributed by atoms with Crippen molar-refractivity contribution in [1.82, 2.24) is 14.7 Å². The molecule has 1 aliphatic heterocycles. The highest BCUT2D eigenvalue weighted by atomic mass is 19.1. The highest BCUT2D eigenvalue weighted by Crippen LogP contribution is 2.31. The number of aromatic nitrogens is 2. The number of carbonyl (C=O) groups is 1. The normalized spacial score (nSPS) is 18.5. The van der Waals surface area contributed by atoms with Crippen molar-refractivity contribution >= 4 is 5.91 Å². The summed E-state index contributed by atoms with van der Waals surface area (Å²) in [7, 11) is 0. The van der Waals surface area contributed by atoms with E-state index in [1.807, 2.05) is 24.8 Å². The molecule has 0 saturated carbocycles. The van der Waals surface area contributed by atoms with Gasteiger partial charge in [0.15, 0.2) is 0 Å². The summed E-state index contributed by atoms with van der Waals surface area (Å²) < 4.78 is 15.3. The van der Waals surface area contributed by atoms with Crippen LogP contribution in [-0.2, 0) is 4.79 Å². The molecule has 0 spiro atoms. The van der Waals surface area contributed by atoms with Crippen LogP contribution < -0.4 is 0 Å². The Bertz CT molecular complexity index is 737. The van der Waals surface area contributed by atoms with E-state index in [1.165, 1.54) is 12.1 Å². The maximum absolute atomic E-state index is 13.7. The molecule has 1 aromatic heterocycles. The highest BCUT2D eigenvalue weighted by Gasteiger charge is 2.28. The molecule has 23 heavy (non-hydrogen) atoms. The SMILES string of the molecule is CC=C1CCCN([C@@H](C)c2ccc(F)cc2-n2cccn2)C1=O. The van der Waals surface area contributed by atoms with E-state index in [-0.39, 0.29) is 17.8 Å². The van der Waals surface area contributed by atoms with Crippen LogP contribution >= 0.6 is 0 Å². The molecule has 3 rings (SSSR count). The number of likely N-dealkylation sites (tertiary alicyclic amines) is 1. The van der Waals surface area contributed by atoms with Crippen LogP contribution in [0.15, 0.2) is 48.3 Å². The van der Waals surface area contributed by atoms with E-state index in [0.29, 0.717) is 12.2 Å². The van der Waals surface area contributed by atoms with Gasteiger partial charge in [-0.2, -0.15) is 5.10 Å². The fraction of sp³-hybridized carbons (Fsp3) is 0.333. The van der Waals surface area contributed by atoms with Crippen LogP contribution in [-0.4, -0.2) is 27.1 Å². The Balaban J connectivity index is 2.00. The molecule has 1 saturated heterocycles. The van der Waals surface area contributed by atoms with Gasteiger partial charge >= 0.3 is 0 Å². The van der Waals surface area contributed by atoms with E-state index in [0.717, 1.165) is 24.0 Å². The molecule has 1 amide bonds. The Morgan fingerprint density at radius 1 is 1.39 bits per heavy atom. The number of benzene rings is 1. The third-order valence-corrected chi connectivity index (χ3v) is 4.39. The average molecular weight is 313 g/mol. The van der Waals surface area contributed by atoms with Gasteiger partial charge < -0.3 is 4.90 Å². The standard InChI is InChI=1S/C18H20FN3O/c1-3-14-6-4-10-21(18(14)23)13(2)16-8-7-15(19)12-17(16)22-11-5-9-20-22/h3,5,7-9,11-13H,4,6,10H2,1-2H3/t13-/m0/s1. The molecule has 1 atom stereocenters. The number of nitrogens with zero attached hydrogens (tertiary/aromatic N) is 3. The lowest BCUT2D eigenvalue weighted by Gasteiger charge is -2.34. The predicted octanol–water partition coefficient (Wildman–Crippen LogP) is 3.64. The lowest BCUT2D eigenvalue weighted by atomic mass is 9.98. The number of hydrogen-bond acceptors (Lipinski definition) is 2. The second-order valence-corrected chi connectivity index (χ2v) is 5.75. The lowest BCUT2D eigenvalue weighted by Crippen LogP contribution is -2.39. The van der Waals surface area contributed by atoms with Gasteiger partial charge in [-0.05, 0) is 44.9 Å². The largest absolute Gasteiger partial charge is 0.332 e. The van der Waals surface area contributed by atoms with Gasteiger partial charge in [-0.3, -0.25) is 4.79 Å². The minimum absolute atomic E-state index is 0.0713. The zero-order chi connectivity index (χ0) is 16.4. The summed E-state index contributed by atoms with van der Waals surface area (Å²) in [6.45, 7) is 4.60. The minimum Gasteiger partial charge on any atom is -0.332 e. The Morgan fingerprint density at radius 3 is 2.91 bits per heavy atom. The first kappa shape index (κ1) is 15.5. The first-order valence-corrected chi connectivity index (χ1v) is 7.87. The van der Waals surface area contributed by atoms with Crippen LogP contribution in [0, 0.1) is 5.82 Å². The number of hydrogen-bond donors (Lipinski definition) is 0. The van der Waals surface area contributed by atoms with E-state index in [2.05, 4.69) is 5.10 Å². The van der Waals surface area contributed by atoms with Crippen LogP contribution in [0.25, 0.3) is 5.69 Å². The summed E-state index contributed by atoms with van der Waals surface area (Å²) in [5.41, 5.74) is 2.41. The van der Waals surface area contributed by atoms with Crippen molar-refractivity contribution < 1.29 is 9.18 Å². The summed E-state index contributed by atoms with van der Waals surface area (Å²) in [6.07, 6.45) is 7.10. The molecular formula is C18H20FN3O.